The highest BCUT2D eigenvalue weighted by molar-refractivity contribution is 7.11. The fourth-order valence-corrected chi connectivity index (χ4v) is 3.94. The topological polar surface area (TPSA) is 70.5 Å². The maximum absolute atomic E-state index is 12.6. The van der Waals surface area contributed by atoms with Crippen LogP contribution in [0.5, 0.6) is 0 Å². The second-order valence-electron chi connectivity index (χ2n) is 5.84. The number of amides is 1. The summed E-state index contributed by atoms with van der Waals surface area (Å²) in [5.74, 6) is -1.46. The van der Waals surface area contributed by atoms with E-state index in [4.69, 9.17) is 0 Å². The average molecular weight is 310 g/mol. The summed E-state index contributed by atoms with van der Waals surface area (Å²) in [5, 5.41) is 10.3. The minimum atomic E-state index is -0.841. The van der Waals surface area contributed by atoms with Gasteiger partial charge in [-0.3, -0.25) is 9.59 Å². The zero-order valence-electron chi connectivity index (χ0n) is 12.7. The Kier molecular flexibility index (Phi) is 4.98. The van der Waals surface area contributed by atoms with Gasteiger partial charge in [0.1, 0.15) is 0 Å². The third kappa shape index (κ3) is 3.61. The molecule has 3 unspecified atom stereocenters. The Bertz CT molecular complexity index is 529. The predicted octanol–water partition coefficient (Wildman–Crippen LogP) is 2.55. The molecule has 0 aromatic carbocycles. The average Bonchev–Trinajstić information content (AvgIpc) is 3.04. The molecule has 1 fully saturated rings. The largest absolute Gasteiger partial charge is 0.481 e. The molecule has 0 saturated heterocycles. The molecule has 2 rings (SSSR count). The quantitative estimate of drug-likeness (QED) is 0.907. The number of aliphatic carboxylic acids is 1. The minimum absolute atomic E-state index is 0.0515. The summed E-state index contributed by atoms with van der Waals surface area (Å²) in [5.41, 5.74) is 0. The van der Waals surface area contributed by atoms with E-state index >= 15 is 0 Å². The van der Waals surface area contributed by atoms with Gasteiger partial charge in [0.05, 0.1) is 23.4 Å². The summed E-state index contributed by atoms with van der Waals surface area (Å²) < 4.78 is 0. The van der Waals surface area contributed by atoms with Crippen LogP contribution in [0.25, 0.3) is 0 Å². The molecule has 0 radical (unpaired) electrons. The lowest BCUT2D eigenvalue weighted by molar-refractivity contribution is -0.148. The number of carbonyl (C=O) groups excluding carboxylic acids is 1. The molecule has 1 N–H and O–H groups in total. The van der Waals surface area contributed by atoms with Gasteiger partial charge >= 0.3 is 5.97 Å². The SMILES string of the molecule is CCC1CC(C(=O)O)C(C(=O)N(C)Cc2cnc(C)s2)C1. The molecule has 0 spiro atoms. The summed E-state index contributed by atoms with van der Waals surface area (Å²) in [6.45, 7) is 4.49. The van der Waals surface area contributed by atoms with Crippen LogP contribution in [0.15, 0.2) is 6.20 Å². The summed E-state index contributed by atoms with van der Waals surface area (Å²) in [7, 11) is 1.75. The maximum Gasteiger partial charge on any atom is 0.307 e. The summed E-state index contributed by atoms with van der Waals surface area (Å²) in [6, 6.07) is 0. The Morgan fingerprint density at radius 1 is 1.43 bits per heavy atom. The van der Waals surface area contributed by atoms with Gasteiger partial charge < -0.3 is 10.0 Å². The van der Waals surface area contributed by atoms with Gasteiger partial charge in [-0.25, -0.2) is 4.98 Å². The number of thiazole rings is 1. The molecule has 1 saturated carbocycles. The summed E-state index contributed by atoms with van der Waals surface area (Å²) in [6.07, 6.45) is 4.03. The van der Waals surface area contributed by atoms with Crippen molar-refractivity contribution in [2.24, 2.45) is 17.8 Å². The van der Waals surface area contributed by atoms with Gasteiger partial charge in [0, 0.05) is 18.1 Å². The number of hydrogen-bond donors (Lipinski definition) is 1. The Morgan fingerprint density at radius 3 is 2.62 bits per heavy atom. The maximum atomic E-state index is 12.6. The van der Waals surface area contributed by atoms with E-state index in [1.165, 1.54) is 0 Å². The highest BCUT2D eigenvalue weighted by Crippen LogP contribution is 2.39. The normalized spacial score (nSPS) is 25.0. The van der Waals surface area contributed by atoms with Crippen molar-refractivity contribution < 1.29 is 14.7 Å². The number of nitrogens with zero attached hydrogens (tertiary/aromatic N) is 2. The van der Waals surface area contributed by atoms with Gasteiger partial charge in [-0.15, -0.1) is 11.3 Å². The third-order valence-corrected chi connectivity index (χ3v) is 5.21. The monoisotopic (exact) mass is 310 g/mol. The molecule has 1 amide bonds. The molecule has 0 bridgehead atoms. The molecular formula is C15H22N2O3S. The molecule has 6 heteroatoms. The predicted molar refractivity (Wildman–Crippen MR) is 81.0 cm³/mol. The first-order valence-electron chi connectivity index (χ1n) is 7.31. The second kappa shape index (κ2) is 6.56. The van der Waals surface area contributed by atoms with Crippen molar-refractivity contribution in [2.45, 2.75) is 39.7 Å². The Balaban J connectivity index is 2.05. The first kappa shape index (κ1) is 15.9. The molecule has 3 atom stereocenters. The summed E-state index contributed by atoms with van der Waals surface area (Å²) >= 11 is 1.57. The highest BCUT2D eigenvalue weighted by Gasteiger charge is 2.43. The van der Waals surface area contributed by atoms with Crippen LogP contribution in [-0.4, -0.2) is 33.9 Å². The molecule has 116 valence electrons. The van der Waals surface area contributed by atoms with Gasteiger partial charge in [0.15, 0.2) is 0 Å². The first-order chi connectivity index (χ1) is 9.92. The van der Waals surface area contributed by atoms with Crippen LogP contribution >= 0.6 is 11.3 Å². The fraction of sp³-hybridized carbons (Fsp3) is 0.667. The molecule has 0 aliphatic heterocycles. The Morgan fingerprint density at radius 2 is 2.10 bits per heavy atom. The fourth-order valence-electron chi connectivity index (χ4n) is 3.10. The molecular weight excluding hydrogens is 288 g/mol. The number of carboxylic acids is 1. The Labute approximate surface area is 129 Å². The van der Waals surface area contributed by atoms with Gasteiger partial charge in [0.2, 0.25) is 5.91 Å². The molecule has 1 aromatic rings. The van der Waals surface area contributed by atoms with Gasteiger partial charge in [-0.1, -0.05) is 13.3 Å². The zero-order chi connectivity index (χ0) is 15.6. The van der Waals surface area contributed by atoms with Crippen LogP contribution in [0.2, 0.25) is 0 Å². The molecule has 1 aliphatic rings. The number of hydrogen-bond acceptors (Lipinski definition) is 4. The van der Waals surface area contributed by atoms with Crippen LogP contribution < -0.4 is 0 Å². The van der Waals surface area contributed by atoms with Gasteiger partial charge in [0.25, 0.3) is 0 Å². The van der Waals surface area contributed by atoms with E-state index < -0.39 is 11.9 Å². The first-order valence-corrected chi connectivity index (χ1v) is 8.13. The van der Waals surface area contributed by atoms with Crippen molar-refractivity contribution in [1.29, 1.82) is 0 Å². The lowest BCUT2D eigenvalue weighted by Crippen LogP contribution is -2.36. The smallest absolute Gasteiger partial charge is 0.307 e. The van der Waals surface area contributed by atoms with Crippen LogP contribution in [-0.2, 0) is 16.1 Å². The van der Waals surface area contributed by atoms with E-state index in [9.17, 15) is 14.7 Å². The van der Waals surface area contributed by atoms with Gasteiger partial charge in [-0.2, -0.15) is 0 Å². The van der Waals surface area contributed by atoms with Crippen molar-refractivity contribution in [3.05, 3.63) is 16.1 Å². The zero-order valence-corrected chi connectivity index (χ0v) is 13.5. The summed E-state index contributed by atoms with van der Waals surface area (Å²) in [4.78, 5) is 30.8. The van der Waals surface area contributed by atoms with Crippen molar-refractivity contribution in [2.75, 3.05) is 7.05 Å². The van der Waals surface area contributed by atoms with E-state index in [0.29, 0.717) is 25.3 Å². The molecule has 1 heterocycles. The number of carboxylic acid groups (broad SMARTS) is 1. The molecule has 1 aliphatic carbocycles. The van der Waals surface area contributed by atoms with Crippen LogP contribution in [0, 0.1) is 24.7 Å². The Hall–Kier alpha value is -1.43. The van der Waals surface area contributed by atoms with Crippen LogP contribution in [0.3, 0.4) is 0 Å². The molecule has 1 aromatic heterocycles. The molecule has 5 nitrogen and oxygen atoms in total. The van der Waals surface area contributed by atoms with E-state index in [1.54, 1.807) is 29.5 Å². The van der Waals surface area contributed by atoms with Crippen molar-refractivity contribution in [3.63, 3.8) is 0 Å². The second-order valence-corrected chi connectivity index (χ2v) is 7.16. The lowest BCUT2D eigenvalue weighted by atomic mass is 9.95. The highest BCUT2D eigenvalue weighted by atomic mass is 32.1. The van der Waals surface area contributed by atoms with Crippen molar-refractivity contribution in [1.82, 2.24) is 9.88 Å². The minimum Gasteiger partial charge on any atom is -0.481 e. The number of rotatable bonds is 5. The van der Waals surface area contributed by atoms with Crippen molar-refractivity contribution >= 4 is 23.2 Å². The van der Waals surface area contributed by atoms with E-state index in [-0.39, 0.29) is 11.8 Å². The number of carbonyl (C=O) groups is 2. The van der Waals surface area contributed by atoms with Crippen LogP contribution in [0.1, 0.15) is 36.1 Å². The van der Waals surface area contributed by atoms with Crippen molar-refractivity contribution in [3.8, 4) is 0 Å². The number of aryl methyl sites for hydroxylation is 1. The standard InChI is InChI=1S/C15H22N2O3S/c1-4-10-5-12(13(6-10)15(19)20)14(18)17(3)8-11-7-16-9(2)21-11/h7,10,12-13H,4-6,8H2,1-3H3,(H,19,20). The number of aromatic nitrogens is 1. The van der Waals surface area contributed by atoms with E-state index in [2.05, 4.69) is 11.9 Å². The van der Waals surface area contributed by atoms with E-state index in [1.807, 2.05) is 6.92 Å². The third-order valence-electron chi connectivity index (χ3n) is 4.31. The molecule has 21 heavy (non-hydrogen) atoms. The van der Waals surface area contributed by atoms with E-state index in [0.717, 1.165) is 16.3 Å². The lowest BCUT2D eigenvalue weighted by Gasteiger charge is -2.22. The van der Waals surface area contributed by atoms with Gasteiger partial charge in [-0.05, 0) is 25.7 Å². The van der Waals surface area contributed by atoms with Crippen LogP contribution in [0.4, 0.5) is 0 Å².